The van der Waals surface area contributed by atoms with Gasteiger partial charge in [0.05, 0.1) is 62.5 Å². The number of carbonyl (C=O) groups is 3. The Bertz CT molecular complexity index is 2600. The molecule has 0 unspecified atom stereocenters. The molecule has 2 atom stereocenters. The fraction of sp³-hybridized carbons (Fsp3) is 0.286. The lowest BCUT2D eigenvalue weighted by Gasteiger charge is -2.22. The lowest BCUT2D eigenvalue weighted by Crippen LogP contribution is -2.37. The Morgan fingerprint density at radius 3 is 1.90 bits per heavy atom. The molecular formula is C49H46N4O8. The van der Waals surface area contributed by atoms with Crippen LogP contribution in [0, 0.1) is 0 Å². The summed E-state index contributed by atoms with van der Waals surface area (Å²) in [5, 5.41) is 0. The van der Waals surface area contributed by atoms with Gasteiger partial charge in [0, 0.05) is 49.1 Å². The standard InChI is InChI=1S/C49H46N4O8/c1-57-44-24-38-40(50-27-35-21-32-11-4-6-14-42(32)52(35)48(38)55)23-34(44)13-8-10-30-18-31(20-37(19-30)60-17-9-16-47(54)59-3)29-61-46-26-41-39(25-45(46)58-2)49(56)53-36(28-51-41)22-33-12-5-7-15-43(33)53/h4-7,11-12,14-15,18-20,23-28,35-36H,8-10,13,16-17,21-22,29H2,1-3H3/t35-,36-/m0/s1. The van der Waals surface area contributed by atoms with E-state index in [-0.39, 0.29) is 42.9 Å². The molecule has 310 valence electrons. The van der Waals surface area contributed by atoms with Crippen LogP contribution in [-0.4, -0.2) is 70.2 Å². The lowest BCUT2D eigenvalue weighted by molar-refractivity contribution is -0.140. The number of aliphatic imine (C=N–C) groups is 2. The number of methoxy groups -OCH3 is 3. The third-order valence-electron chi connectivity index (χ3n) is 11.7. The molecule has 0 aromatic heterocycles. The fourth-order valence-electron chi connectivity index (χ4n) is 8.75. The van der Waals surface area contributed by atoms with Gasteiger partial charge in [-0.25, -0.2) is 0 Å². The summed E-state index contributed by atoms with van der Waals surface area (Å²) in [6.45, 7) is 0.524. The largest absolute Gasteiger partial charge is 0.496 e. The van der Waals surface area contributed by atoms with Crippen molar-refractivity contribution in [1.82, 2.24) is 0 Å². The highest BCUT2D eigenvalue weighted by Crippen LogP contribution is 2.42. The van der Waals surface area contributed by atoms with Crippen molar-refractivity contribution >= 4 is 53.0 Å². The van der Waals surface area contributed by atoms with Gasteiger partial charge in [0.15, 0.2) is 11.5 Å². The Kier molecular flexibility index (Phi) is 11.0. The number of benzene rings is 5. The number of anilines is 2. The van der Waals surface area contributed by atoms with Gasteiger partial charge in [0.25, 0.3) is 11.8 Å². The molecule has 0 aliphatic carbocycles. The Morgan fingerprint density at radius 1 is 0.656 bits per heavy atom. The van der Waals surface area contributed by atoms with Crippen molar-refractivity contribution in [2.24, 2.45) is 9.98 Å². The predicted molar refractivity (Wildman–Crippen MR) is 233 cm³/mol. The van der Waals surface area contributed by atoms with E-state index in [4.69, 9.17) is 33.7 Å². The van der Waals surface area contributed by atoms with Crippen LogP contribution in [-0.2, 0) is 41.8 Å². The molecule has 4 heterocycles. The van der Waals surface area contributed by atoms with Crippen molar-refractivity contribution in [3.8, 4) is 23.0 Å². The monoisotopic (exact) mass is 818 g/mol. The third-order valence-corrected chi connectivity index (χ3v) is 11.7. The number of hydrogen-bond acceptors (Lipinski definition) is 10. The summed E-state index contributed by atoms with van der Waals surface area (Å²) in [5.41, 5.74) is 9.07. The highest BCUT2D eigenvalue weighted by molar-refractivity contribution is 6.15. The summed E-state index contributed by atoms with van der Waals surface area (Å²) in [7, 11) is 4.56. The summed E-state index contributed by atoms with van der Waals surface area (Å²) >= 11 is 0. The zero-order valence-corrected chi connectivity index (χ0v) is 34.4. The number of aryl methyl sites for hydroxylation is 2. The molecule has 9 rings (SSSR count). The van der Waals surface area contributed by atoms with Crippen LogP contribution in [0.2, 0.25) is 0 Å². The number of carbonyl (C=O) groups excluding carboxylic acids is 3. The first-order chi connectivity index (χ1) is 29.8. The maximum atomic E-state index is 13.9. The number of rotatable bonds is 14. The van der Waals surface area contributed by atoms with Crippen LogP contribution in [0.1, 0.15) is 67.8 Å². The van der Waals surface area contributed by atoms with Gasteiger partial charge < -0.3 is 23.7 Å². The highest BCUT2D eigenvalue weighted by Gasteiger charge is 2.38. The van der Waals surface area contributed by atoms with Crippen LogP contribution >= 0.6 is 0 Å². The van der Waals surface area contributed by atoms with E-state index in [1.807, 2.05) is 89.0 Å². The molecule has 0 saturated carbocycles. The fourth-order valence-corrected chi connectivity index (χ4v) is 8.75. The maximum absolute atomic E-state index is 13.9. The summed E-state index contributed by atoms with van der Waals surface area (Å²) in [6.07, 6.45) is 8.08. The average Bonchev–Trinajstić information content (AvgIpc) is 3.77. The normalized spacial score (nSPS) is 16.7. The Morgan fingerprint density at radius 2 is 1.26 bits per heavy atom. The molecule has 0 fully saturated rings. The molecule has 12 heteroatoms. The van der Waals surface area contributed by atoms with Crippen molar-refractivity contribution in [2.45, 2.75) is 63.6 Å². The van der Waals surface area contributed by atoms with Gasteiger partial charge >= 0.3 is 5.97 Å². The van der Waals surface area contributed by atoms with Crippen LogP contribution in [0.4, 0.5) is 22.7 Å². The van der Waals surface area contributed by atoms with E-state index in [1.165, 1.54) is 7.11 Å². The number of amides is 2. The summed E-state index contributed by atoms with van der Waals surface area (Å²) in [6, 6.07) is 29.0. The first-order valence-corrected chi connectivity index (χ1v) is 20.6. The molecule has 2 amide bonds. The molecule has 0 saturated heterocycles. The summed E-state index contributed by atoms with van der Waals surface area (Å²) < 4.78 is 29.0. The van der Waals surface area contributed by atoms with Crippen LogP contribution in [0.3, 0.4) is 0 Å². The van der Waals surface area contributed by atoms with Crippen LogP contribution in [0.25, 0.3) is 0 Å². The molecular weight excluding hydrogens is 773 g/mol. The second-order valence-corrected chi connectivity index (χ2v) is 15.6. The third kappa shape index (κ3) is 7.81. The summed E-state index contributed by atoms with van der Waals surface area (Å²) in [4.78, 5) is 52.8. The molecule has 5 aromatic carbocycles. The molecule has 0 bridgehead atoms. The van der Waals surface area contributed by atoms with Gasteiger partial charge in [0.1, 0.15) is 18.1 Å². The quantitative estimate of drug-likeness (QED) is 0.0808. The molecule has 4 aliphatic heterocycles. The van der Waals surface area contributed by atoms with Crippen molar-refractivity contribution < 1.29 is 38.1 Å². The average molecular weight is 819 g/mol. The summed E-state index contributed by atoms with van der Waals surface area (Å²) in [5.74, 6) is 1.69. The van der Waals surface area contributed by atoms with Gasteiger partial charge in [0.2, 0.25) is 0 Å². The van der Waals surface area contributed by atoms with Crippen molar-refractivity contribution in [3.63, 3.8) is 0 Å². The molecule has 0 N–H and O–H groups in total. The van der Waals surface area contributed by atoms with Crippen molar-refractivity contribution in [2.75, 3.05) is 37.7 Å². The predicted octanol–water partition coefficient (Wildman–Crippen LogP) is 8.36. The number of hydrogen-bond donors (Lipinski definition) is 0. The molecule has 0 spiro atoms. The Labute approximate surface area is 354 Å². The van der Waals surface area contributed by atoms with Crippen LogP contribution in [0.5, 0.6) is 23.0 Å². The second kappa shape index (κ2) is 17.0. The SMILES string of the molecule is COC(=O)CCCOc1cc(CCCc2cc3c(cc2OC)C(=O)N2c4ccccc4C[C@H]2C=N3)cc(COc2cc3c(cc2OC)C(=O)N2c4ccccc4C[C@H]2C=N3)c1. The molecule has 4 aliphatic rings. The number of fused-ring (bicyclic) bond motifs is 8. The van der Waals surface area contributed by atoms with E-state index in [0.717, 1.165) is 52.0 Å². The van der Waals surface area contributed by atoms with Crippen LogP contribution < -0.4 is 28.7 Å². The molecule has 61 heavy (non-hydrogen) atoms. The highest BCUT2D eigenvalue weighted by atomic mass is 16.5. The second-order valence-electron chi connectivity index (χ2n) is 15.6. The van der Waals surface area contributed by atoms with E-state index < -0.39 is 0 Å². The van der Waals surface area contributed by atoms with E-state index in [2.05, 4.69) is 12.1 Å². The van der Waals surface area contributed by atoms with Crippen molar-refractivity contribution in [3.05, 3.63) is 130 Å². The van der Waals surface area contributed by atoms with Crippen LogP contribution in [0.15, 0.2) is 101 Å². The maximum Gasteiger partial charge on any atom is 0.305 e. The topological polar surface area (TPSA) is 129 Å². The lowest BCUT2D eigenvalue weighted by atomic mass is 9.99. The van der Waals surface area contributed by atoms with Gasteiger partial charge in [-0.1, -0.05) is 42.5 Å². The van der Waals surface area contributed by atoms with Gasteiger partial charge in [-0.05, 0) is 96.0 Å². The Balaban J connectivity index is 0.924. The zero-order valence-electron chi connectivity index (χ0n) is 34.4. The first-order valence-electron chi connectivity index (χ1n) is 20.6. The minimum absolute atomic E-state index is 0.0818. The zero-order chi connectivity index (χ0) is 42.0. The van der Waals surface area contributed by atoms with E-state index in [0.29, 0.717) is 77.8 Å². The number of nitrogens with zero attached hydrogens (tertiary/aromatic N) is 4. The first kappa shape index (κ1) is 39.5. The number of ether oxygens (including phenoxy) is 5. The minimum atomic E-state index is -0.286. The van der Waals surface area contributed by atoms with E-state index >= 15 is 0 Å². The number of esters is 1. The Hall–Kier alpha value is -6.95. The van der Waals surface area contributed by atoms with Crippen molar-refractivity contribution in [1.29, 1.82) is 0 Å². The van der Waals surface area contributed by atoms with Gasteiger partial charge in [-0.2, -0.15) is 0 Å². The molecule has 0 radical (unpaired) electrons. The minimum Gasteiger partial charge on any atom is -0.496 e. The van der Waals surface area contributed by atoms with Gasteiger partial charge in [-0.3, -0.25) is 34.2 Å². The van der Waals surface area contributed by atoms with Gasteiger partial charge in [-0.15, -0.1) is 0 Å². The molecule has 5 aromatic rings. The molecule has 12 nitrogen and oxygen atoms in total. The smallest absolute Gasteiger partial charge is 0.305 e. The number of para-hydroxylation sites is 2. The van der Waals surface area contributed by atoms with E-state index in [1.54, 1.807) is 26.4 Å². The van der Waals surface area contributed by atoms with E-state index in [9.17, 15) is 14.4 Å².